The van der Waals surface area contributed by atoms with Crippen LogP contribution in [0, 0.1) is 11.8 Å². The Morgan fingerprint density at radius 2 is 1.81 bits per heavy atom. The molecule has 1 aliphatic carbocycles. The topological polar surface area (TPSA) is 32.3 Å². The highest BCUT2D eigenvalue weighted by Gasteiger charge is 2.32. The van der Waals surface area contributed by atoms with Crippen molar-refractivity contribution < 1.29 is 4.79 Å². The summed E-state index contributed by atoms with van der Waals surface area (Å²) in [4.78, 5) is 15.0. The molecule has 3 nitrogen and oxygen atoms in total. The van der Waals surface area contributed by atoms with E-state index in [-0.39, 0.29) is 0 Å². The van der Waals surface area contributed by atoms with Crippen molar-refractivity contribution in [2.75, 3.05) is 19.6 Å². The number of nitrogens with zero attached hydrogens (tertiary/aromatic N) is 1. The Hall–Kier alpha value is -0.570. The molecule has 0 aromatic carbocycles. The number of carbonyl (C=O) groups excluding carboxylic acids is 1. The highest BCUT2D eigenvalue weighted by molar-refractivity contribution is 5.79. The van der Waals surface area contributed by atoms with E-state index in [0.29, 0.717) is 23.8 Å². The van der Waals surface area contributed by atoms with Crippen LogP contribution in [0.5, 0.6) is 0 Å². The fraction of sp³-hybridized carbons (Fsp3) is 0.944. The molecule has 2 rings (SSSR count). The molecule has 1 aliphatic heterocycles. The molecule has 0 spiro atoms. The number of nitrogens with one attached hydrogen (secondary N) is 1. The Kier molecular flexibility index (Phi) is 7.01. The summed E-state index contributed by atoms with van der Waals surface area (Å²) >= 11 is 0. The maximum absolute atomic E-state index is 12.8. The molecule has 1 amide bonds. The Bertz CT molecular complexity index is 310. The van der Waals surface area contributed by atoms with E-state index in [9.17, 15) is 4.79 Å². The van der Waals surface area contributed by atoms with Crippen molar-refractivity contribution in [2.24, 2.45) is 11.8 Å². The van der Waals surface area contributed by atoms with E-state index in [2.05, 4.69) is 24.1 Å². The van der Waals surface area contributed by atoms with E-state index in [4.69, 9.17) is 0 Å². The molecule has 122 valence electrons. The molecule has 1 saturated heterocycles. The van der Waals surface area contributed by atoms with Gasteiger partial charge in [0.15, 0.2) is 0 Å². The number of hydrogen-bond acceptors (Lipinski definition) is 2. The van der Waals surface area contributed by atoms with Gasteiger partial charge in [0.1, 0.15) is 0 Å². The highest BCUT2D eigenvalue weighted by Crippen LogP contribution is 2.27. The van der Waals surface area contributed by atoms with Crippen LogP contribution in [0.3, 0.4) is 0 Å². The van der Waals surface area contributed by atoms with Gasteiger partial charge >= 0.3 is 0 Å². The molecule has 2 fully saturated rings. The molecule has 3 heteroatoms. The third-order valence-corrected chi connectivity index (χ3v) is 5.43. The first kappa shape index (κ1) is 16.8. The number of amides is 1. The van der Waals surface area contributed by atoms with E-state index in [1.807, 2.05) is 0 Å². The second-order valence-electron chi connectivity index (χ2n) is 6.99. The summed E-state index contributed by atoms with van der Waals surface area (Å²) in [5.74, 6) is 1.43. The van der Waals surface area contributed by atoms with Gasteiger partial charge in [-0.2, -0.15) is 0 Å². The number of rotatable bonds is 5. The molecule has 2 aliphatic rings. The SMILES string of the molecule is CCCNC1CCN(C(=O)C2CCCCCC2)CC1CC. The first-order valence-corrected chi connectivity index (χ1v) is 9.28. The van der Waals surface area contributed by atoms with Crippen molar-refractivity contribution >= 4 is 5.91 Å². The quantitative estimate of drug-likeness (QED) is 0.786. The Morgan fingerprint density at radius 3 is 2.43 bits per heavy atom. The molecule has 0 radical (unpaired) electrons. The molecule has 1 N–H and O–H groups in total. The predicted molar refractivity (Wildman–Crippen MR) is 88.3 cm³/mol. The lowest BCUT2D eigenvalue weighted by atomic mass is 9.88. The third kappa shape index (κ3) is 4.70. The van der Waals surface area contributed by atoms with Crippen molar-refractivity contribution in [3.8, 4) is 0 Å². The van der Waals surface area contributed by atoms with Gasteiger partial charge in [-0.1, -0.05) is 46.0 Å². The van der Waals surface area contributed by atoms with Crippen LogP contribution in [0.25, 0.3) is 0 Å². The van der Waals surface area contributed by atoms with Gasteiger partial charge in [0.2, 0.25) is 5.91 Å². The Labute approximate surface area is 130 Å². The van der Waals surface area contributed by atoms with E-state index in [1.165, 1.54) is 38.5 Å². The molecule has 2 atom stereocenters. The van der Waals surface area contributed by atoms with Crippen LogP contribution in [0.15, 0.2) is 0 Å². The van der Waals surface area contributed by atoms with Crippen LogP contribution < -0.4 is 5.32 Å². The van der Waals surface area contributed by atoms with E-state index in [0.717, 1.165) is 38.9 Å². The number of carbonyl (C=O) groups is 1. The summed E-state index contributed by atoms with van der Waals surface area (Å²) in [5.41, 5.74) is 0. The maximum atomic E-state index is 12.8. The molecular weight excluding hydrogens is 260 g/mol. The molecule has 21 heavy (non-hydrogen) atoms. The van der Waals surface area contributed by atoms with Gasteiger partial charge in [-0.3, -0.25) is 4.79 Å². The molecule has 1 saturated carbocycles. The molecule has 0 bridgehead atoms. The van der Waals surface area contributed by atoms with E-state index >= 15 is 0 Å². The second kappa shape index (κ2) is 8.77. The van der Waals surface area contributed by atoms with Crippen LogP contribution in [-0.4, -0.2) is 36.5 Å². The van der Waals surface area contributed by atoms with E-state index in [1.54, 1.807) is 0 Å². The average Bonchev–Trinajstić information content (AvgIpc) is 2.81. The molecule has 0 aromatic rings. The number of hydrogen-bond donors (Lipinski definition) is 1. The molecular formula is C18H34N2O. The zero-order valence-corrected chi connectivity index (χ0v) is 14.1. The van der Waals surface area contributed by atoms with Gasteiger partial charge in [-0.15, -0.1) is 0 Å². The standard InChI is InChI=1S/C18H34N2O/c1-3-12-19-17-11-13-20(14-15(17)4-2)18(21)16-9-7-5-6-8-10-16/h15-17,19H,3-14H2,1-2H3. The van der Waals surface area contributed by atoms with Gasteiger partial charge in [0, 0.05) is 25.0 Å². The number of likely N-dealkylation sites (tertiary alicyclic amines) is 1. The Balaban J connectivity index is 1.88. The first-order valence-electron chi connectivity index (χ1n) is 9.28. The third-order valence-electron chi connectivity index (χ3n) is 5.43. The monoisotopic (exact) mass is 294 g/mol. The van der Waals surface area contributed by atoms with Gasteiger partial charge in [0.05, 0.1) is 0 Å². The van der Waals surface area contributed by atoms with Crippen LogP contribution in [0.1, 0.15) is 71.6 Å². The van der Waals surface area contributed by atoms with Gasteiger partial charge in [-0.25, -0.2) is 0 Å². The lowest BCUT2D eigenvalue weighted by Crippen LogP contribution is -2.52. The molecule has 2 unspecified atom stereocenters. The first-order chi connectivity index (χ1) is 10.3. The second-order valence-corrected chi connectivity index (χ2v) is 6.99. The zero-order valence-electron chi connectivity index (χ0n) is 14.1. The summed E-state index contributed by atoms with van der Waals surface area (Å²) in [5, 5.41) is 3.68. The average molecular weight is 294 g/mol. The predicted octanol–water partition coefficient (Wildman–Crippen LogP) is 3.58. The van der Waals surface area contributed by atoms with Crippen molar-refractivity contribution in [1.82, 2.24) is 10.2 Å². The maximum Gasteiger partial charge on any atom is 0.225 e. The summed E-state index contributed by atoms with van der Waals surface area (Å²) in [6.07, 6.45) is 10.9. The van der Waals surface area contributed by atoms with Crippen molar-refractivity contribution in [2.45, 2.75) is 77.7 Å². The van der Waals surface area contributed by atoms with Crippen LogP contribution in [0.2, 0.25) is 0 Å². The molecule has 1 heterocycles. The van der Waals surface area contributed by atoms with Crippen LogP contribution in [-0.2, 0) is 4.79 Å². The van der Waals surface area contributed by atoms with Crippen LogP contribution in [0.4, 0.5) is 0 Å². The zero-order chi connectivity index (χ0) is 15.1. The molecule has 0 aromatic heterocycles. The van der Waals surface area contributed by atoms with Gasteiger partial charge in [0.25, 0.3) is 0 Å². The lowest BCUT2D eigenvalue weighted by Gasteiger charge is -2.40. The van der Waals surface area contributed by atoms with E-state index < -0.39 is 0 Å². The van der Waals surface area contributed by atoms with Crippen LogP contribution >= 0.6 is 0 Å². The fourth-order valence-electron chi connectivity index (χ4n) is 4.03. The van der Waals surface area contributed by atoms with Crippen molar-refractivity contribution in [3.05, 3.63) is 0 Å². The lowest BCUT2D eigenvalue weighted by molar-refractivity contribution is -0.138. The van der Waals surface area contributed by atoms with Gasteiger partial charge < -0.3 is 10.2 Å². The number of piperidine rings is 1. The smallest absolute Gasteiger partial charge is 0.225 e. The summed E-state index contributed by atoms with van der Waals surface area (Å²) in [6.45, 7) is 7.54. The highest BCUT2D eigenvalue weighted by atomic mass is 16.2. The fourth-order valence-corrected chi connectivity index (χ4v) is 4.03. The van der Waals surface area contributed by atoms with Crippen molar-refractivity contribution in [3.63, 3.8) is 0 Å². The minimum Gasteiger partial charge on any atom is -0.342 e. The minimum atomic E-state index is 0.324. The summed E-state index contributed by atoms with van der Waals surface area (Å²) in [6, 6.07) is 0.619. The Morgan fingerprint density at radius 1 is 1.10 bits per heavy atom. The largest absolute Gasteiger partial charge is 0.342 e. The van der Waals surface area contributed by atoms with Gasteiger partial charge in [-0.05, 0) is 38.1 Å². The summed E-state index contributed by atoms with van der Waals surface area (Å²) < 4.78 is 0. The minimum absolute atomic E-state index is 0.324. The normalized spacial score (nSPS) is 28.4. The van der Waals surface area contributed by atoms with Crippen molar-refractivity contribution in [1.29, 1.82) is 0 Å². The summed E-state index contributed by atoms with van der Waals surface area (Å²) in [7, 11) is 0.